The van der Waals surface area contributed by atoms with Crippen LogP contribution in [0.2, 0.25) is 5.02 Å². The number of nitrogens with two attached hydrogens (primary N) is 1. The predicted octanol–water partition coefficient (Wildman–Crippen LogP) is 2.78. The number of aromatic nitrogens is 1. The summed E-state index contributed by atoms with van der Waals surface area (Å²) in [7, 11) is 1.62. The van der Waals surface area contributed by atoms with Gasteiger partial charge in [-0.1, -0.05) is 11.6 Å². The number of methoxy groups -OCH3 is 1. The summed E-state index contributed by atoms with van der Waals surface area (Å²) in [5.41, 5.74) is 6.64. The Morgan fingerprint density at radius 1 is 1.41 bits per heavy atom. The van der Waals surface area contributed by atoms with Crippen molar-refractivity contribution in [2.24, 2.45) is 5.73 Å². The van der Waals surface area contributed by atoms with Crippen molar-refractivity contribution in [3.05, 3.63) is 29.4 Å². The third-order valence-electron chi connectivity index (χ3n) is 3.80. The molecular formula is C16H19ClN2O3. The monoisotopic (exact) mass is 322 g/mol. The molecule has 0 saturated carbocycles. The van der Waals surface area contributed by atoms with Gasteiger partial charge in [-0.3, -0.25) is 4.98 Å². The number of benzene rings is 1. The summed E-state index contributed by atoms with van der Waals surface area (Å²) in [6.07, 6.45) is 3.49. The maximum absolute atomic E-state index is 6.25. The van der Waals surface area contributed by atoms with Gasteiger partial charge in [-0.15, -0.1) is 0 Å². The molecule has 5 nitrogen and oxygen atoms in total. The van der Waals surface area contributed by atoms with Crippen molar-refractivity contribution >= 4 is 22.5 Å². The number of pyridine rings is 1. The van der Waals surface area contributed by atoms with E-state index in [1.165, 1.54) is 0 Å². The van der Waals surface area contributed by atoms with Gasteiger partial charge in [0.05, 0.1) is 25.3 Å². The molecular weight excluding hydrogens is 304 g/mol. The van der Waals surface area contributed by atoms with E-state index in [4.69, 9.17) is 31.5 Å². The lowest BCUT2D eigenvalue weighted by atomic mass is 10.1. The van der Waals surface area contributed by atoms with Crippen molar-refractivity contribution in [3.8, 4) is 11.5 Å². The topological polar surface area (TPSA) is 66.6 Å². The number of hydrogen-bond acceptors (Lipinski definition) is 5. The zero-order valence-corrected chi connectivity index (χ0v) is 13.2. The van der Waals surface area contributed by atoms with Crippen LogP contribution in [0.15, 0.2) is 24.4 Å². The molecule has 0 bridgehead atoms. The van der Waals surface area contributed by atoms with Crippen molar-refractivity contribution in [2.45, 2.75) is 25.0 Å². The van der Waals surface area contributed by atoms with E-state index in [0.717, 1.165) is 29.5 Å². The van der Waals surface area contributed by atoms with Crippen LogP contribution in [0, 0.1) is 0 Å². The summed E-state index contributed by atoms with van der Waals surface area (Å²) in [4.78, 5) is 4.31. The normalized spacial score (nSPS) is 21.8. The lowest BCUT2D eigenvalue weighted by Gasteiger charge is -2.27. The van der Waals surface area contributed by atoms with Crippen molar-refractivity contribution in [2.75, 3.05) is 20.3 Å². The van der Waals surface area contributed by atoms with Crippen molar-refractivity contribution in [3.63, 3.8) is 0 Å². The molecule has 2 unspecified atom stereocenters. The molecule has 22 heavy (non-hydrogen) atoms. The van der Waals surface area contributed by atoms with Crippen LogP contribution in [-0.2, 0) is 4.74 Å². The van der Waals surface area contributed by atoms with E-state index < -0.39 is 0 Å². The minimum absolute atomic E-state index is 0.0460. The Bertz CT molecular complexity index is 657. The van der Waals surface area contributed by atoms with E-state index in [1.54, 1.807) is 13.3 Å². The highest BCUT2D eigenvalue weighted by Crippen LogP contribution is 2.34. The Balaban J connectivity index is 1.81. The van der Waals surface area contributed by atoms with Gasteiger partial charge in [-0.25, -0.2) is 0 Å². The Morgan fingerprint density at radius 3 is 3.00 bits per heavy atom. The molecule has 1 fully saturated rings. The van der Waals surface area contributed by atoms with Crippen LogP contribution in [0.3, 0.4) is 0 Å². The number of ether oxygens (including phenoxy) is 3. The highest BCUT2D eigenvalue weighted by Gasteiger charge is 2.20. The molecule has 2 atom stereocenters. The second kappa shape index (κ2) is 6.69. The molecule has 0 aliphatic carbocycles. The summed E-state index contributed by atoms with van der Waals surface area (Å²) >= 11 is 6.25. The third kappa shape index (κ3) is 3.27. The van der Waals surface area contributed by atoms with Crippen LogP contribution < -0.4 is 15.2 Å². The van der Waals surface area contributed by atoms with E-state index in [1.807, 2.05) is 18.2 Å². The van der Waals surface area contributed by atoms with Crippen molar-refractivity contribution in [1.82, 2.24) is 4.98 Å². The molecule has 2 heterocycles. The van der Waals surface area contributed by atoms with Gasteiger partial charge in [0, 0.05) is 17.6 Å². The molecule has 1 aliphatic rings. The largest absolute Gasteiger partial charge is 0.497 e. The van der Waals surface area contributed by atoms with Gasteiger partial charge < -0.3 is 19.9 Å². The first-order chi connectivity index (χ1) is 10.7. The highest BCUT2D eigenvalue weighted by molar-refractivity contribution is 6.33. The smallest absolute Gasteiger partial charge is 0.149 e. The number of rotatable bonds is 4. The zero-order valence-electron chi connectivity index (χ0n) is 12.4. The van der Waals surface area contributed by atoms with Gasteiger partial charge >= 0.3 is 0 Å². The molecule has 1 aromatic heterocycles. The number of halogens is 1. The molecule has 0 spiro atoms. The minimum Gasteiger partial charge on any atom is -0.497 e. The zero-order chi connectivity index (χ0) is 15.5. The molecule has 1 aromatic carbocycles. The van der Waals surface area contributed by atoms with Gasteiger partial charge in [0.2, 0.25) is 0 Å². The second-order valence-corrected chi connectivity index (χ2v) is 5.83. The van der Waals surface area contributed by atoms with E-state index in [2.05, 4.69) is 4.98 Å². The number of nitrogens with zero attached hydrogens (tertiary/aromatic N) is 1. The fraction of sp³-hybridized carbons (Fsp3) is 0.438. The Labute approximate surface area is 134 Å². The molecule has 1 saturated heterocycles. The molecule has 3 rings (SSSR count). The quantitative estimate of drug-likeness (QED) is 0.937. The van der Waals surface area contributed by atoms with Crippen molar-refractivity contribution < 1.29 is 14.2 Å². The second-order valence-electron chi connectivity index (χ2n) is 5.42. The van der Waals surface area contributed by atoms with Gasteiger partial charge in [-0.05, 0) is 31.0 Å². The van der Waals surface area contributed by atoms with Crippen LogP contribution in [0.1, 0.15) is 12.8 Å². The van der Waals surface area contributed by atoms with Gasteiger partial charge in [-0.2, -0.15) is 0 Å². The van der Waals surface area contributed by atoms with E-state index in [-0.39, 0.29) is 12.1 Å². The minimum atomic E-state index is 0.0460. The maximum Gasteiger partial charge on any atom is 0.149 e. The van der Waals surface area contributed by atoms with Crippen LogP contribution >= 0.6 is 11.6 Å². The summed E-state index contributed by atoms with van der Waals surface area (Å²) < 4.78 is 16.9. The molecule has 0 radical (unpaired) electrons. The molecule has 2 N–H and O–H groups in total. The molecule has 0 amide bonds. The molecule has 6 heteroatoms. The van der Waals surface area contributed by atoms with E-state index in [9.17, 15) is 0 Å². The van der Waals surface area contributed by atoms with Crippen molar-refractivity contribution in [1.29, 1.82) is 0 Å². The average Bonchev–Trinajstić information content (AvgIpc) is 2.55. The standard InChI is InChI=1S/C16H19ClN2O3/c1-20-11-4-5-15-13(6-11)16(14(17)7-19-15)22-9-12-3-2-10(18)8-21-12/h4-7,10,12H,2-3,8-9,18H2,1H3. The number of hydrogen-bond donors (Lipinski definition) is 1. The van der Waals surface area contributed by atoms with Gasteiger partial charge in [0.25, 0.3) is 0 Å². The summed E-state index contributed by atoms with van der Waals surface area (Å²) in [6, 6.07) is 5.75. The summed E-state index contributed by atoms with van der Waals surface area (Å²) in [5.74, 6) is 1.35. The van der Waals surface area contributed by atoms with Crippen LogP contribution in [0.5, 0.6) is 11.5 Å². The fourth-order valence-corrected chi connectivity index (χ4v) is 2.74. The average molecular weight is 323 g/mol. The fourth-order valence-electron chi connectivity index (χ4n) is 2.53. The van der Waals surface area contributed by atoms with Crippen LogP contribution in [0.25, 0.3) is 10.9 Å². The predicted molar refractivity (Wildman–Crippen MR) is 85.7 cm³/mol. The first-order valence-corrected chi connectivity index (χ1v) is 7.67. The SMILES string of the molecule is COc1ccc2ncc(Cl)c(OCC3CCC(N)CO3)c2c1. The summed E-state index contributed by atoms with van der Waals surface area (Å²) in [6.45, 7) is 1.02. The highest BCUT2D eigenvalue weighted by atomic mass is 35.5. The Hall–Kier alpha value is -1.56. The Morgan fingerprint density at radius 2 is 2.27 bits per heavy atom. The maximum atomic E-state index is 6.25. The Kier molecular flexibility index (Phi) is 4.66. The van der Waals surface area contributed by atoms with Gasteiger partial charge in [0.15, 0.2) is 0 Å². The van der Waals surface area contributed by atoms with E-state index >= 15 is 0 Å². The molecule has 2 aromatic rings. The third-order valence-corrected chi connectivity index (χ3v) is 4.07. The lowest BCUT2D eigenvalue weighted by molar-refractivity contribution is -0.0194. The molecule has 1 aliphatic heterocycles. The number of fused-ring (bicyclic) bond motifs is 1. The van der Waals surface area contributed by atoms with E-state index in [0.29, 0.717) is 24.0 Å². The van der Waals surface area contributed by atoms with Crippen LogP contribution in [0.4, 0.5) is 0 Å². The molecule has 118 valence electrons. The van der Waals surface area contributed by atoms with Gasteiger partial charge in [0.1, 0.15) is 23.1 Å². The first-order valence-electron chi connectivity index (χ1n) is 7.29. The summed E-state index contributed by atoms with van der Waals surface area (Å²) in [5, 5.41) is 1.31. The van der Waals surface area contributed by atoms with Crippen LogP contribution in [-0.4, -0.2) is 37.5 Å². The first kappa shape index (κ1) is 15.3. The lowest BCUT2D eigenvalue weighted by Crippen LogP contribution is -2.37.